The van der Waals surface area contributed by atoms with Gasteiger partial charge in [0.2, 0.25) is 0 Å². The Labute approximate surface area is 157 Å². The second kappa shape index (κ2) is 10.3. The highest BCUT2D eigenvalue weighted by Crippen LogP contribution is 2.23. The Hall–Kier alpha value is -1.88. The van der Waals surface area contributed by atoms with Gasteiger partial charge >= 0.3 is 11.8 Å². The third kappa shape index (κ3) is 6.45. The molecule has 1 aliphatic heterocycles. The topological polar surface area (TPSA) is 61.4 Å². The van der Waals surface area contributed by atoms with Crippen molar-refractivity contribution in [1.29, 1.82) is 0 Å². The van der Waals surface area contributed by atoms with Crippen LogP contribution >= 0.6 is 0 Å². The summed E-state index contributed by atoms with van der Waals surface area (Å²) in [6.07, 6.45) is 4.56. The highest BCUT2D eigenvalue weighted by Gasteiger charge is 2.17. The van der Waals surface area contributed by atoms with E-state index in [4.69, 9.17) is 0 Å². The van der Waals surface area contributed by atoms with Crippen LogP contribution in [-0.2, 0) is 9.59 Å². The van der Waals surface area contributed by atoms with Crippen molar-refractivity contribution in [2.24, 2.45) is 5.92 Å². The highest BCUT2D eigenvalue weighted by atomic mass is 16.2. The van der Waals surface area contributed by atoms with Gasteiger partial charge in [0.15, 0.2) is 0 Å². The number of anilines is 1. The van der Waals surface area contributed by atoms with Gasteiger partial charge in [-0.15, -0.1) is 0 Å². The van der Waals surface area contributed by atoms with Crippen molar-refractivity contribution in [3.8, 4) is 0 Å². The summed E-state index contributed by atoms with van der Waals surface area (Å²) in [5.74, 6) is -0.0777. The molecule has 1 aliphatic rings. The Bertz CT molecular complexity index is 601. The van der Waals surface area contributed by atoms with Crippen molar-refractivity contribution < 1.29 is 9.59 Å². The molecule has 0 bridgehead atoms. The summed E-state index contributed by atoms with van der Waals surface area (Å²) < 4.78 is 0. The van der Waals surface area contributed by atoms with Crippen LogP contribution < -0.4 is 10.6 Å². The van der Waals surface area contributed by atoms with Crippen molar-refractivity contribution in [3.63, 3.8) is 0 Å². The molecule has 1 aromatic rings. The molecule has 1 saturated heterocycles. The molecule has 0 spiro atoms. The van der Waals surface area contributed by atoms with Crippen molar-refractivity contribution in [3.05, 3.63) is 29.8 Å². The summed E-state index contributed by atoms with van der Waals surface area (Å²) >= 11 is 0. The summed E-state index contributed by atoms with van der Waals surface area (Å²) in [7, 11) is 0. The first kappa shape index (κ1) is 20.4. The first-order valence-electron chi connectivity index (χ1n) is 9.88. The number of carbonyl (C=O) groups is 2. The van der Waals surface area contributed by atoms with Gasteiger partial charge in [-0.25, -0.2) is 0 Å². The minimum Gasteiger partial charge on any atom is -0.348 e. The number of benzene rings is 1. The predicted octanol–water partition coefficient (Wildman–Crippen LogP) is 3.38. The van der Waals surface area contributed by atoms with E-state index in [1.165, 1.54) is 25.9 Å². The molecule has 5 nitrogen and oxygen atoms in total. The van der Waals surface area contributed by atoms with Crippen LogP contribution in [-0.4, -0.2) is 42.9 Å². The summed E-state index contributed by atoms with van der Waals surface area (Å²) in [5.41, 5.74) is 1.74. The maximum Gasteiger partial charge on any atom is 0.313 e. The van der Waals surface area contributed by atoms with E-state index in [1.54, 1.807) is 0 Å². The van der Waals surface area contributed by atoms with Crippen molar-refractivity contribution in [2.45, 2.75) is 52.4 Å². The maximum atomic E-state index is 12.1. The van der Waals surface area contributed by atoms with Gasteiger partial charge in [-0.05, 0) is 62.2 Å². The number of para-hydroxylation sites is 1. The molecule has 5 heteroatoms. The molecule has 2 N–H and O–H groups in total. The second-order valence-electron chi connectivity index (χ2n) is 7.71. The van der Waals surface area contributed by atoms with Crippen molar-refractivity contribution >= 4 is 17.5 Å². The van der Waals surface area contributed by atoms with E-state index in [9.17, 15) is 9.59 Å². The summed E-state index contributed by atoms with van der Waals surface area (Å²) in [6, 6.07) is 7.61. The van der Waals surface area contributed by atoms with Crippen LogP contribution in [0.4, 0.5) is 5.69 Å². The smallest absolute Gasteiger partial charge is 0.313 e. The molecule has 1 fully saturated rings. The lowest BCUT2D eigenvalue weighted by atomic mass is 10.0. The standard InChI is InChI=1S/C21H33N3O2/c1-16(2)18-10-4-5-11-19(18)23-21(26)20(25)22-12-6-7-13-24-14-8-9-17(3)15-24/h4-5,10-11,16-17H,6-9,12-15H2,1-3H3,(H,22,25)(H,23,26). The lowest BCUT2D eigenvalue weighted by molar-refractivity contribution is -0.136. The quantitative estimate of drug-likeness (QED) is 0.579. The van der Waals surface area contributed by atoms with Gasteiger partial charge in [-0.3, -0.25) is 9.59 Å². The molecule has 1 atom stereocenters. The summed E-state index contributed by atoms with van der Waals surface area (Å²) in [5, 5.41) is 5.46. The maximum absolute atomic E-state index is 12.1. The Morgan fingerprint density at radius 3 is 2.69 bits per heavy atom. The molecule has 0 aromatic heterocycles. The predicted molar refractivity (Wildman–Crippen MR) is 106 cm³/mol. The Morgan fingerprint density at radius 2 is 1.96 bits per heavy atom. The lowest BCUT2D eigenvalue weighted by Gasteiger charge is -2.30. The third-order valence-electron chi connectivity index (χ3n) is 4.97. The fraction of sp³-hybridized carbons (Fsp3) is 0.619. The van der Waals surface area contributed by atoms with Gasteiger partial charge in [0, 0.05) is 18.8 Å². The van der Waals surface area contributed by atoms with Crippen molar-refractivity contribution in [1.82, 2.24) is 10.2 Å². The lowest BCUT2D eigenvalue weighted by Crippen LogP contribution is -2.37. The molecular formula is C21H33N3O2. The van der Waals surface area contributed by atoms with Gasteiger partial charge in [0.05, 0.1) is 0 Å². The van der Waals surface area contributed by atoms with E-state index in [1.807, 2.05) is 24.3 Å². The van der Waals surface area contributed by atoms with Gasteiger partial charge in [0.1, 0.15) is 0 Å². The fourth-order valence-corrected chi connectivity index (χ4v) is 3.53. The number of likely N-dealkylation sites (tertiary alicyclic amines) is 1. The average molecular weight is 360 g/mol. The minimum absolute atomic E-state index is 0.284. The molecule has 2 amide bonds. The van der Waals surface area contributed by atoms with Crippen LogP contribution in [0.3, 0.4) is 0 Å². The monoisotopic (exact) mass is 359 g/mol. The van der Waals surface area contributed by atoms with Gasteiger partial charge < -0.3 is 15.5 Å². The molecule has 26 heavy (non-hydrogen) atoms. The van der Waals surface area contributed by atoms with Gasteiger partial charge in [0.25, 0.3) is 0 Å². The average Bonchev–Trinajstić information content (AvgIpc) is 2.61. The zero-order valence-electron chi connectivity index (χ0n) is 16.4. The number of nitrogens with one attached hydrogen (secondary N) is 2. The summed E-state index contributed by atoms with van der Waals surface area (Å²) in [4.78, 5) is 26.6. The van der Waals surface area contributed by atoms with Crippen LogP contribution in [0.15, 0.2) is 24.3 Å². The largest absolute Gasteiger partial charge is 0.348 e. The number of unbranched alkanes of at least 4 members (excludes halogenated alkanes) is 1. The number of hydrogen-bond donors (Lipinski definition) is 2. The SMILES string of the molecule is CC1CCCN(CCCCNC(=O)C(=O)Nc2ccccc2C(C)C)C1. The zero-order valence-corrected chi connectivity index (χ0v) is 16.4. The van der Waals surface area contributed by atoms with Crippen LogP contribution in [0.2, 0.25) is 0 Å². The van der Waals surface area contributed by atoms with Crippen LogP contribution in [0.25, 0.3) is 0 Å². The molecule has 0 aliphatic carbocycles. The Kier molecular flexibility index (Phi) is 8.10. The van der Waals surface area contributed by atoms with Crippen molar-refractivity contribution in [2.75, 3.05) is 31.5 Å². The van der Waals surface area contributed by atoms with Crippen LogP contribution in [0.5, 0.6) is 0 Å². The van der Waals surface area contributed by atoms with Gasteiger partial charge in [-0.1, -0.05) is 39.0 Å². The highest BCUT2D eigenvalue weighted by molar-refractivity contribution is 6.39. The molecular weight excluding hydrogens is 326 g/mol. The van der Waals surface area contributed by atoms with E-state index in [0.717, 1.165) is 30.9 Å². The fourth-order valence-electron chi connectivity index (χ4n) is 3.53. The Morgan fingerprint density at radius 1 is 1.19 bits per heavy atom. The van der Waals surface area contributed by atoms with Gasteiger partial charge in [-0.2, -0.15) is 0 Å². The summed E-state index contributed by atoms with van der Waals surface area (Å²) in [6.45, 7) is 10.4. The number of nitrogens with zero attached hydrogens (tertiary/aromatic N) is 1. The van der Waals surface area contributed by atoms with Crippen LogP contribution in [0, 0.1) is 5.92 Å². The molecule has 1 aromatic carbocycles. The van der Waals surface area contributed by atoms with E-state index in [2.05, 4.69) is 36.3 Å². The molecule has 144 valence electrons. The van der Waals surface area contributed by atoms with E-state index in [-0.39, 0.29) is 5.92 Å². The molecule has 0 radical (unpaired) electrons. The molecule has 1 heterocycles. The minimum atomic E-state index is -0.594. The zero-order chi connectivity index (χ0) is 18.9. The number of hydrogen-bond acceptors (Lipinski definition) is 3. The van der Waals surface area contributed by atoms with E-state index < -0.39 is 11.8 Å². The number of piperidine rings is 1. The van der Waals surface area contributed by atoms with E-state index in [0.29, 0.717) is 12.2 Å². The first-order valence-corrected chi connectivity index (χ1v) is 9.88. The second-order valence-corrected chi connectivity index (χ2v) is 7.71. The number of amides is 2. The Balaban J connectivity index is 1.67. The molecule has 2 rings (SSSR count). The normalized spacial score (nSPS) is 17.9. The molecule has 0 saturated carbocycles. The first-order chi connectivity index (χ1) is 12.5. The number of rotatable bonds is 7. The van der Waals surface area contributed by atoms with Crippen LogP contribution in [0.1, 0.15) is 57.9 Å². The van der Waals surface area contributed by atoms with E-state index >= 15 is 0 Å². The number of carbonyl (C=O) groups excluding carboxylic acids is 2. The molecule has 1 unspecified atom stereocenters. The third-order valence-corrected chi connectivity index (χ3v) is 4.97.